The van der Waals surface area contributed by atoms with Crippen LogP contribution in [0.4, 0.5) is 4.39 Å². The third-order valence-corrected chi connectivity index (χ3v) is 2.04. The Kier molecular flexibility index (Phi) is 3.43. The highest BCUT2D eigenvalue weighted by Gasteiger charge is 2.16. The van der Waals surface area contributed by atoms with Crippen LogP contribution in [0.3, 0.4) is 0 Å². The van der Waals surface area contributed by atoms with Crippen LogP contribution in [0, 0.1) is 5.82 Å². The van der Waals surface area contributed by atoms with Crippen LogP contribution in [0.5, 0.6) is 0 Å². The summed E-state index contributed by atoms with van der Waals surface area (Å²) in [4.78, 5) is 11.2. The lowest BCUT2D eigenvalue weighted by Crippen LogP contribution is -2.10. The highest BCUT2D eigenvalue weighted by molar-refractivity contribution is 6.33. The summed E-state index contributed by atoms with van der Waals surface area (Å²) in [5.74, 6) is -1.14. The first-order valence-electron chi connectivity index (χ1n) is 3.86. The minimum atomic E-state index is -0.615. The second-order valence-corrected chi connectivity index (χ2v) is 3.02. The Morgan fingerprint density at radius 1 is 1.64 bits per heavy atom. The van der Waals surface area contributed by atoms with Crippen LogP contribution in [0.15, 0.2) is 12.1 Å². The molecule has 3 nitrogen and oxygen atoms in total. The molecular weight excluding hydrogens is 209 g/mol. The molecule has 0 aliphatic heterocycles. The second-order valence-electron chi connectivity index (χ2n) is 2.62. The summed E-state index contributed by atoms with van der Waals surface area (Å²) in [5.41, 5.74) is 5.81. The summed E-state index contributed by atoms with van der Waals surface area (Å²) in [5, 5.41) is 0.0114. The van der Waals surface area contributed by atoms with Gasteiger partial charge in [-0.15, -0.1) is 0 Å². The van der Waals surface area contributed by atoms with E-state index in [-0.39, 0.29) is 17.1 Å². The van der Waals surface area contributed by atoms with Gasteiger partial charge in [0.1, 0.15) is 5.82 Å². The first-order valence-corrected chi connectivity index (χ1v) is 4.24. The van der Waals surface area contributed by atoms with Gasteiger partial charge >= 0.3 is 5.97 Å². The lowest BCUT2D eigenvalue weighted by atomic mass is 10.1. The molecule has 0 amide bonds. The van der Waals surface area contributed by atoms with Crippen molar-refractivity contribution in [2.45, 2.75) is 6.54 Å². The molecule has 1 aromatic carbocycles. The molecule has 0 saturated carbocycles. The molecule has 0 bridgehead atoms. The molecule has 0 spiro atoms. The van der Waals surface area contributed by atoms with E-state index in [1.54, 1.807) is 0 Å². The Morgan fingerprint density at radius 3 is 2.79 bits per heavy atom. The van der Waals surface area contributed by atoms with E-state index in [4.69, 9.17) is 17.3 Å². The Morgan fingerprint density at radius 2 is 2.29 bits per heavy atom. The smallest absolute Gasteiger partial charge is 0.339 e. The van der Waals surface area contributed by atoms with Gasteiger partial charge in [0.15, 0.2) is 0 Å². The number of carbonyl (C=O) groups is 1. The zero-order chi connectivity index (χ0) is 10.7. The van der Waals surface area contributed by atoms with Crippen molar-refractivity contribution in [1.82, 2.24) is 0 Å². The van der Waals surface area contributed by atoms with Crippen LogP contribution in [0.2, 0.25) is 5.02 Å². The molecule has 76 valence electrons. The first kappa shape index (κ1) is 10.9. The van der Waals surface area contributed by atoms with Gasteiger partial charge in [-0.25, -0.2) is 9.18 Å². The van der Waals surface area contributed by atoms with Crippen molar-refractivity contribution in [1.29, 1.82) is 0 Å². The van der Waals surface area contributed by atoms with E-state index in [2.05, 4.69) is 4.74 Å². The summed E-state index contributed by atoms with van der Waals surface area (Å²) >= 11 is 5.69. The van der Waals surface area contributed by atoms with Crippen molar-refractivity contribution in [3.63, 3.8) is 0 Å². The van der Waals surface area contributed by atoms with Gasteiger partial charge in [0.2, 0.25) is 0 Å². The average molecular weight is 218 g/mol. The molecule has 0 unspecified atom stereocenters. The van der Waals surface area contributed by atoms with Crippen LogP contribution in [0.1, 0.15) is 15.9 Å². The zero-order valence-electron chi connectivity index (χ0n) is 7.51. The number of ether oxygens (including phenoxy) is 1. The number of carbonyl (C=O) groups excluding carboxylic acids is 1. The number of esters is 1. The zero-order valence-corrected chi connectivity index (χ0v) is 8.27. The normalized spacial score (nSPS) is 10.0. The summed E-state index contributed by atoms with van der Waals surface area (Å²) in [6.07, 6.45) is 0. The topological polar surface area (TPSA) is 52.3 Å². The minimum absolute atomic E-state index is 0.0114. The number of methoxy groups -OCH3 is 1. The lowest BCUT2D eigenvalue weighted by Gasteiger charge is -2.07. The van der Waals surface area contributed by atoms with E-state index in [9.17, 15) is 9.18 Å². The van der Waals surface area contributed by atoms with Gasteiger partial charge < -0.3 is 10.5 Å². The van der Waals surface area contributed by atoms with E-state index < -0.39 is 11.8 Å². The number of halogens is 2. The molecule has 0 aliphatic carbocycles. The quantitative estimate of drug-likeness (QED) is 0.768. The monoisotopic (exact) mass is 217 g/mol. The van der Waals surface area contributed by atoms with Crippen LogP contribution in [0.25, 0.3) is 0 Å². The van der Waals surface area contributed by atoms with Crippen molar-refractivity contribution >= 4 is 17.6 Å². The van der Waals surface area contributed by atoms with Crippen LogP contribution >= 0.6 is 11.6 Å². The van der Waals surface area contributed by atoms with E-state index in [1.807, 2.05) is 0 Å². The average Bonchev–Trinajstić information content (AvgIpc) is 2.15. The number of hydrogen-bond donors (Lipinski definition) is 1. The van der Waals surface area contributed by atoms with E-state index in [0.717, 1.165) is 12.1 Å². The Bertz CT molecular complexity index is 368. The van der Waals surface area contributed by atoms with Crippen molar-refractivity contribution in [2.24, 2.45) is 5.73 Å². The van der Waals surface area contributed by atoms with Crippen molar-refractivity contribution in [3.05, 3.63) is 34.1 Å². The molecule has 2 N–H and O–H groups in total. The maximum Gasteiger partial charge on any atom is 0.339 e. The third-order valence-electron chi connectivity index (χ3n) is 1.75. The largest absolute Gasteiger partial charge is 0.465 e. The molecule has 5 heteroatoms. The SMILES string of the molecule is COC(=O)c1c(Cl)cc(F)cc1CN. The second kappa shape index (κ2) is 4.39. The van der Waals surface area contributed by atoms with Crippen LogP contribution < -0.4 is 5.73 Å². The highest BCUT2D eigenvalue weighted by Crippen LogP contribution is 2.22. The van der Waals surface area contributed by atoms with Crippen molar-refractivity contribution in [3.8, 4) is 0 Å². The van der Waals surface area contributed by atoms with Crippen LogP contribution in [-0.2, 0) is 11.3 Å². The molecule has 0 saturated heterocycles. The van der Waals surface area contributed by atoms with Gasteiger partial charge in [-0.1, -0.05) is 11.6 Å². The first-order chi connectivity index (χ1) is 6.60. The predicted octanol–water partition coefficient (Wildman–Crippen LogP) is 1.72. The minimum Gasteiger partial charge on any atom is -0.465 e. The summed E-state index contributed by atoms with van der Waals surface area (Å²) < 4.78 is 17.4. The molecular formula is C9H9ClFNO2. The Balaban J connectivity index is 3.32. The molecule has 1 aromatic rings. The molecule has 0 fully saturated rings. The van der Waals surface area contributed by atoms with E-state index >= 15 is 0 Å². The van der Waals surface area contributed by atoms with Gasteiger partial charge in [0.25, 0.3) is 0 Å². The molecule has 0 aromatic heterocycles. The standard InChI is InChI=1S/C9H9ClFNO2/c1-14-9(13)8-5(4-12)2-6(11)3-7(8)10/h2-3H,4,12H2,1H3. The predicted molar refractivity (Wildman–Crippen MR) is 50.6 cm³/mol. The Labute approximate surface area is 85.6 Å². The van der Waals surface area contributed by atoms with Gasteiger partial charge in [-0.05, 0) is 17.7 Å². The summed E-state index contributed by atoms with van der Waals surface area (Å²) in [6, 6.07) is 2.21. The molecule has 0 heterocycles. The fraction of sp³-hybridized carbons (Fsp3) is 0.222. The van der Waals surface area contributed by atoms with Gasteiger partial charge in [0.05, 0.1) is 17.7 Å². The number of rotatable bonds is 2. The van der Waals surface area contributed by atoms with Gasteiger partial charge in [-0.3, -0.25) is 0 Å². The van der Waals surface area contributed by atoms with Gasteiger partial charge in [-0.2, -0.15) is 0 Å². The van der Waals surface area contributed by atoms with Crippen molar-refractivity contribution < 1.29 is 13.9 Å². The summed E-state index contributed by atoms with van der Waals surface area (Å²) in [7, 11) is 1.22. The number of benzene rings is 1. The third kappa shape index (κ3) is 2.02. The highest BCUT2D eigenvalue weighted by atomic mass is 35.5. The number of nitrogens with two attached hydrogens (primary N) is 1. The van der Waals surface area contributed by atoms with Crippen LogP contribution in [-0.4, -0.2) is 13.1 Å². The Hall–Kier alpha value is -1.13. The molecule has 0 aliphatic rings. The van der Waals surface area contributed by atoms with Gasteiger partial charge in [0, 0.05) is 6.54 Å². The summed E-state index contributed by atoms with van der Waals surface area (Å²) in [6.45, 7) is 0.0297. The van der Waals surface area contributed by atoms with E-state index in [1.165, 1.54) is 7.11 Å². The fourth-order valence-corrected chi connectivity index (χ4v) is 1.42. The molecule has 0 atom stereocenters. The molecule has 1 rings (SSSR count). The number of hydrogen-bond acceptors (Lipinski definition) is 3. The maximum absolute atomic E-state index is 12.9. The van der Waals surface area contributed by atoms with Crippen molar-refractivity contribution in [2.75, 3.05) is 7.11 Å². The fourth-order valence-electron chi connectivity index (χ4n) is 1.12. The lowest BCUT2D eigenvalue weighted by molar-refractivity contribution is 0.0599. The maximum atomic E-state index is 12.9. The molecule has 0 radical (unpaired) electrons. The van der Waals surface area contributed by atoms with E-state index in [0.29, 0.717) is 5.56 Å². The molecule has 14 heavy (non-hydrogen) atoms.